The number of carbonyl (C=O) groups excluding carboxylic acids is 1. The molecule has 0 aromatic carbocycles. The highest BCUT2D eigenvalue weighted by molar-refractivity contribution is 7.99. The normalized spacial score (nSPS) is 12.2. The number of nitrogens with zero attached hydrogens (tertiary/aromatic N) is 2. The minimum absolute atomic E-state index is 0.135. The standard InChI is InChI=1S/C11H17N3O3S/c1-4-17-10(15)8-5-13-11(14-9(8)12)18-7(2)6-16-3/h5,7H,4,6H2,1-3H3,(H2,12,13,14). The maximum Gasteiger partial charge on any atom is 0.343 e. The van der Waals surface area contributed by atoms with Crippen LogP contribution in [0, 0.1) is 0 Å². The Labute approximate surface area is 110 Å². The average molecular weight is 271 g/mol. The quantitative estimate of drug-likeness (QED) is 0.475. The van der Waals surface area contributed by atoms with Crippen LogP contribution in [0.2, 0.25) is 0 Å². The zero-order valence-electron chi connectivity index (χ0n) is 10.7. The summed E-state index contributed by atoms with van der Waals surface area (Å²) in [7, 11) is 1.64. The van der Waals surface area contributed by atoms with Crippen molar-refractivity contribution in [2.45, 2.75) is 24.3 Å². The third kappa shape index (κ3) is 4.15. The van der Waals surface area contributed by atoms with Crippen molar-refractivity contribution in [3.05, 3.63) is 11.8 Å². The zero-order chi connectivity index (χ0) is 13.5. The van der Waals surface area contributed by atoms with E-state index in [1.807, 2.05) is 6.92 Å². The summed E-state index contributed by atoms with van der Waals surface area (Å²) in [5, 5.41) is 0.730. The molecule has 0 radical (unpaired) electrons. The number of carbonyl (C=O) groups is 1. The Balaban J connectivity index is 2.76. The fourth-order valence-corrected chi connectivity index (χ4v) is 2.08. The molecule has 100 valence electrons. The van der Waals surface area contributed by atoms with E-state index in [0.717, 1.165) is 0 Å². The second-order valence-electron chi connectivity index (χ2n) is 3.56. The van der Waals surface area contributed by atoms with Crippen molar-refractivity contribution in [3.8, 4) is 0 Å². The minimum Gasteiger partial charge on any atom is -0.462 e. The van der Waals surface area contributed by atoms with Crippen LogP contribution < -0.4 is 5.73 Å². The third-order valence-corrected chi connectivity index (χ3v) is 2.95. The summed E-state index contributed by atoms with van der Waals surface area (Å²) in [4.78, 5) is 19.6. The molecular formula is C11H17N3O3S. The number of methoxy groups -OCH3 is 1. The van der Waals surface area contributed by atoms with Gasteiger partial charge >= 0.3 is 5.97 Å². The van der Waals surface area contributed by atoms with Crippen LogP contribution in [0.15, 0.2) is 11.4 Å². The van der Waals surface area contributed by atoms with Gasteiger partial charge in [-0.3, -0.25) is 0 Å². The van der Waals surface area contributed by atoms with E-state index in [9.17, 15) is 4.79 Å². The molecule has 1 unspecified atom stereocenters. The number of ether oxygens (including phenoxy) is 2. The summed E-state index contributed by atoms with van der Waals surface area (Å²) in [5.74, 6) is -0.368. The molecule has 0 saturated carbocycles. The fourth-order valence-electron chi connectivity index (χ4n) is 1.25. The van der Waals surface area contributed by atoms with E-state index >= 15 is 0 Å². The highest BCUT2D eigenvalue weighted by atomic mass is 32.2. The monoisotopic (exact) mass is 271 g/mol. The number of thioether (sulfide) groups is 1. The molecule has 0 saturated heterocycles. The lowest BCUT2D eigenvalue weighted by Crippen LogP contribution is -2.12. The number of anilines is 1. The van der Waals surface area contributed by atoms with Gasteiger partial charge in [-0.1, -0.05) is 18.7 Å². The first-order valence-electron chi connectivity index (χ1n) is 5.53. The molecule has 18 heavy (non-hydrogen) atoms. The molecule has 6 nitrogen and oxygen atoms in total. The van der Waals surface area contributed by atoms with Gasteiger partial charge in [0.25, 0.3) is 0 Å². The molecule has 0 aliphatic heterocycles. The van der Waals surface area contributed by atoms with Crippen molar-refractivity contribution in [3.63, 3.8) is 0 Å². The maximum atomic E-state index is 11.5. The summed E-state index contributed by atoms with van der Waals surface area (Å²) in [6, 6.07) is 0. The molecule has 0 aliphatic rings. The van der Waals surface area contributed by atoms with E-state index in [1.54, 1.807) is 14.0 Å². The fraction of sp³-hybridized carbons (Fsp3) is 0.545. The minimum atomic E-state index is -0.503. The molecule has 0 spiro atoms. The van der Waals surface area contributed by atoms with Crippen molar-refractivity contribution in [2.24, 2.45) is 0 Å². The number of rotatable bonds is 6. The van der Waals surface area contributed by atoms with Gasteiger partial charge in [0.05, 0.1) is 13.2 Å². The Morgan fingerprint density at radius 3 is 2.89 bits per heavy atom. The molecule has 7 heteroatoms. The van der Waals surface area contributed by atoms with E-state index in [1.165, 1.54) is 18.0 Å². The predicted molar refractivity (Wildman–Crippen MR) is 69.6 cm³/mol. The highest BCUT2D eigenvalue weighted by Crippen LogP contribution is 2.21. The van der Waals surface area contributed by atoms with Gasteiger partial charge in [-0.15, -0.1) is 0 Å². The second-order valence-corrected chi connectivity index (χ2v) is 4.96. The summed E-state index contributed by atoms with van der Waals surface area (Å²) in [5.41, 5.74) is 5.90. The molecule has 1 heterocycles. The van der Waals surface area contributed by atoms with Gasteiger partial charge < -0.3 is 15.2 Å². The molecule has 1 aromatic heterocycles. The lowest BCUT2D eigenvalue weighted by Gasteiger charge is -2.09. The SMILES string of the molecule is CCOC(=O)c1cnc(SC(C)COC)nc1N. The van der Waals surface area contributed by atoms with E-state index in [2.05, 4.69) is 9.97 Å². The molecule has 2 N–H and O–H groups in total. The Morgan fingerprint density at radius 1 is 1.61 bits per heavy atom. The van der Waals surface area contributed by atoms with Gasteiger partial charge in [-0.05, 0) is 6.92 Å². The molecule has 1 rings (SSSR count). The van der Waals surface area contributed by atoms with Crippen molar-refractivity contribution in [1.82, 2.24) is 9.97 Å². The Hall–Kier alpha value is -1.34. The number of nitrogens with two attached hydrogens (primary N) is 1. The Bertz CT molecular complexity index is 415. The third-order valence-electron chi connectivity index (χ3n) is 2.00. The molecule has 0 amide bonds. The molecule has 1 atom stereocenters. The lowest BCUT2D eigenvalue weighted by atomic mass is 10.3. The summed E-state index contributed by atoms with van der Waals surface area (Å²) < 4.78 is 9.86. The first-order chi connectivity index (χ1) is 8.58. The number of hydrogen-bond acceptors (Lipinski definition) is 7. The number of aromatic nitrogens is 2. The van der Waals surface area contributed by atoms with Crippen LogP contribution in [-0.4, -0.2) is 41.5 Å². The smallest absolute Gasteiger partial charge is 0.343 e. The van der Waals surface area contributed by atoms with Crippen molar-refractivity contribution in [1.29, 1.82) is 0 Å². The first-order valence-corrected chi connectivity index (χ1v) is 6.41. The van der Waals surface area contributed by atoms with E-state index in [-0.39, 0.29) is 16.6 Å². The van der Waals surface area contributed by atoms with E-state index in [4.69, 9.17) is 15.2 Å². The van der Waals surface area contributed by atoms with Gasteiger partial charge in [-0.2, -0.15) is 0 Å². The van der Waals surface area contributed by atoms with E-state index < -0.39 is 5.97 Å². The number of esters is 1. The van der Waals surface area contributed by atoms with Crippen LogP contribution in [-0.2, 0) is 9.47 Å². The van der Waals surface area contributed by atoms with Crippen molar-refractivity contribution >= 4 is 23.5 Å². The topological polar surface area (TPSA) is 87.3 Å². The van der Waals surface area contributed by atoms with Gasteiger partial charge in [0.1, 0.15) is 11.4 Å². The van der Waals surface area contributed by atoms with Gasteiger partial charge in [0.2, 0.25) is 0 Å². The van der Waals surface area contributed by atoms with Crippen LogP contribution in [0.3, 0.4) is 0 Å². The molecular weight excluding hydrogens is 254 g/mol. The zero-order valence-corrected chi connectivity index (χ0v) is 11.5. The molecule has 0 bridgehead atoms. The molecule has 0 aliphatic carbocycles. The summed E-state index contributed by atoms with van der Waals surface area (Å²) in [6.45, 7) is 4.60. The number of hydrogen-bond donors (Lipinski definition) is 1. The average Bonchev–Trinajstić information content (AvgIpc) is 2.29. The summed E-state index contributed by atoms with van der Waals surface area (Å²) in [6.07, 6.45) is 1.39. The van der Waals surface area contributed by atoms with Gasteiger partial charge in [0, 0.05) is 18.6 Å². The van der Waals surface area contributed by atoms with Crippen LogP contribution in [0.25, 0.3) is 0 Å². The van der Waals surface area contributed by atoms with Crippen LogP contribution in [0.4, 0.5) is 5.82 Å². The van der Waals surface area contributed by atoms with Crippen molar-refractivity contribution < 1.29 is 14.3 Å². The Morgan fingerprint density at radius 2 is 2.33 bits per heavy atom. The molecule has 1 aromatic rings. The number of nitrogen functional groups attached to an aromatic ring is 1. The highest BCUT2D eigenvalue weighted by Gasteiger charge is 2.14. The van der Waals surface area contributed by atoms with Gasteiger partial charge in [0.15, 0.2) is 5.16 Å². The molecule has 0 fully saturated rings. The maximum absolute atomic E-state index is 11.5. The van der Waals surface area contributed by atoms with Crippen LogP contribution >= 0.6 is 11.8 Å². The van der Waals surface area contributed by atoms with Gasteiger partial charge in [-0.25, -0.2) is 14.8 Å². The summed E-state index contributed by atoms with van der Waals surface area (Å²) >= 11 is 1.44. The van der Waals surface area contributed by atoms with Crippen LogP contribution in [0.1, 0.15) is 24.2 Å². The van der Waals surface area contributed by atoms with E-state index in [0.29, 0.717) is 18.4 Å². The first kappa shape index (κ1) is 14.7. The van der Waals surface area contributed by atoms with Crippen molar-refractivity contribution in [2.75, 3.05) is 26.1 Å². The second kappa shape index (κ2) is 7.17. The van der Waals surface area contributed by atoms with Crippen LogP contribution in [0.5, 0.6) is 0 Å². The largest absolute Gasteiger partial charge is 0.462 e. The lowest BCUT2D eigenvalue weighted by molar-refractivity contribution is 0.0526. The predicted octanol–water partition coefficient (Wildman–Crippen LogP) is 1.36. The Kier molecular flexibility index (Phi) is 5.87.